The van der Waals surface area contributed by atoms with Crippen molar-refractivity contribution in [1.82, 2.24) is 5.32 Å². The highest BCUT2D eigenvalue weighted by molar-refractivity contribution is 9.10. The summed E-state index contributed by atoms with van der Waals surface area (Å²) in [4.78, 5) is 0. The van der Waals surface area contributed by atoms with Crippen molar-refractivity contribution in [1.29, 1.82) is 0 Å². The van der Waals surface area contributed by atoms with Crippen LogP contribution in [0.15, 0.2) is 46.9 Å². The molecule has 0 saturated heterocycles. The first kappa shape index (κ1) is 16.3. The maximum atomic E-state index is 6.37. The van der Waals surface area contributed by atoms with Gasteiger partial charge in [-0.05, 0) is 55.8 Å². The Hall–Kier alpha value is -1.03. The van der Waals surface area contributed by atoms with Gasteiger partial charge in [-0.15, -0.1) is 0 Å². The van der Waals surface area contributed by atoms with Gasteiger partial charge in [0.2, 0.25) is 0 Å². The van der Waals surface area contributed by atoms with E-state index in [1.807, 2.05) is 42.5 Å². The number of hydrogen-bond donors (Lipinski definition) is 1. The molecule has 4 heteroatoms. The van der Waals surface area contributed by atoms with Crippen molar-refractivity contribution in [3.63, 3.8) is 0 Å². The summed E-state index contributed by atoms with van der Waals surface area (Å²) in [5, 5.41) is 4.16. The van der Waals surface area contributed by atoms with E-state index < -0.39 is 0 Å². The molecule has 2 aromatic rings. The highest BCUT2D eigenvalue weighted by Crippen LogP contribution is 2.30. The molecule has 0 bridgehead atoms. The molecule has 0 aliphatic carbocycles. The molecule has 0 amide bonds. The van der Waals surface area contributed by atoms with Crippen LogP contribution in [0.4, 0.5) is 0 Å². The van der Waals surface area contributed by atoms with Crippen molar-refractivity contribution < 1.29 is 4.74 Å². The molecule has 0 aliphatic heterocycles. The van der Waals surface area contributed by atoms with Crippen LogP contribution in [0.3, 0.4) is 0 Å². The van der Waals surface area contributed by atoms with Gasteiger partial charge in [-0.2, -0.15) is 0 Å². The first-order valence-corrected chi connectivity index (χ1v) is 8.23. The summed E-state index contributed by atoms with van der Waals surface area (Å²) in [6.07, 6.45) is 1.10. The summed E-state index contributed by atoms with van der Waals surface area (Å²) in [5.74, 6) is 1.52. The van der Waals surface area contributed by atoms with E-state index in [0.717, 1.165) is 39.5 Å². The fourth-order valence-corrected chi connectivity index (χ4v) is 2.77. The Balaban J connectivity index is 2.11. The van der Waals surface area contributed by atoms with Crippen molar-refractivity contribution >= 4 is 27.5 Å². The lowest BCUT2D eigenvalue weighted by atomic mass is 10.1. The molecular formula is C17H19BrClNO. The van der Waals surface area contributed by atoms with Crippen LogP contribution in [-0.2, 0) is 0 Å². The van der Waals surface area contributed by atoms with Crippen molar-refractivity contribution in [2.45, 2.75) is 26.3 Å². The van der Waals surface area contributed by atoms with Gasteiger partial charge in [0, 0.05) is 15.5 Å². The van der Waals surface area contributed by atoms with E-state index in [2.05, 4.69) is 35.1 Å². The SMILES string of the molecule is CCCNC(C)c1ccc(Oc2cccc(Br)c2)cc1Cl. The summed E-state index contributed by atoms with van der Waals surface area (Å²) in [5.41, 5.74) is 1.09. The minimum Gasteiger partial charge on any atom is -0.457 e. The molecule has 0 radical (unpaired) electrons. The standard InChI is InChI=1S/C17H19BrClNO/c1-3-9-20-12(2)16-8-7-15(11-17(16)19)21-14-6-4-5-13(18)10-14/h4-8,10-12,20H,3,9H2,1-2H3. The molecule has 112 valence electrons. The Labute approximate surface area is 139 Å². The van der Waals surface area contributed by atoms with Gasteiger partial charge in [0.15, 0.2) is 0 Å². The van der Waals surface area contributed by atoms with Gasteiger partial charge >= 0.3 is 0 Å². The van der Waals surface area contributed by atoms with Gasteiger partial charge in [0.1, 0.15) is 11.5 Å². The Morgan fingerprint density at radius 2 is 1.95 bits per heavy atom. The molecule has 2 aromatic carbocycles. The average Bonchev–Trinajstić information content (AvgIpc) is 2.45. The number of ether oxygens (including phenoxy) is 1. The first-order chi connectivity index (χ1) is 10.1. The van der Waals surface area contributed by atoms with Gasteiger partial charge in [-0.3, -0.25) is 0 Å². The predicted molar refractivity (Wildman–Crippen MR) is 92.4 cm³/mol. The molecule has 0 saturated carbocycles. The normalized spacial score (nSPS) is 12.2. The Kier molecular flexibility index (Phi) is 6.09. The summed E-state index contributed by atoms with van der Waals surface area (Å²) in [6.45, 7) is 5.25. The Bertz CT molecular complexity index is 603. The molecular weight excluding hydrogens is 350 g/mol. The van der Waals surface area contributed by atoms with Crippen molar-refractivity contribution in [3.8, 4) is 11.5 Å². The number of benzene rings is 2. The monoisotopic (exact) mass is 367 g/mol. The van der Waals surface area contributed by atoms with Gasteiger partial charge in [0.05, 0.1) is 0 Å². The third kappa shape index (κ3) is 4.73. The number of halogens is 2. The highest BCUT2D eigenvalue weighted by Gasteiger charge is 2.10. The van der Waals surface area contributed by atoms with Gasteiger partial charge in [0.25, 0.3) is 0 Å². The van der Waals surface area contributed by atoms with Crippen LogP contribution in [0.1, 0.15) is 31.9 Å². The quantitative estimate of drug-likeness (QED) is 0.679. The van der Waals surface area contributed by atoms with Crippen molar-refractivity contribution in [3.05, 3.63) is 57.5 Å². The zero-order valence-electron chi connectivity index (χ0n) is 12.2. The first-order valence-electron chi connectivity index (χ1n) is 7.06. The largest absolute Gasteiger partial charge is 0.457 e. The lowest BCUT2D eigenvalue weighted by molar-refractivity contribution is 0.481. The molecule has 1 N–H and O–H groups in total. The van der Waals surface area contributed by atoms with E-state index in [-0.39, 0.29) is 6.04 Å². The third-order valence-electron chi connectivity index (χ3n) is 3.17. The van der Waals surface area contributed by atoms with E-state index >= 15 is 0 Å². The molecule has 1 unspecified atom stereocenters. The smallest absolute Gasteiger partial charge is 0.128 e. The second kappa shape index (κ2) is 7.83. The van der Waals surface area contributed by atoms with E-state index in [1.54, 1.807) is 0 Å². The van der Waals surface area contributed by atoms with Gasteiger partial charge in [-0.1, -0.05) is 46.6 Å². The number of hydrogen-bond acceptors (Lipinski definition) is 2. The van der Waals surface area contributed by atoms with Crippen LogP contribution in [0, 0.1) is 0 Å². The van der Waals surface area contributed by atoms with Gasteiger partial charge in [-0.25, -0.2) is 0 Å². The summed E-state index contributed by atoms with van der Waals surface area (Å²) in [7, 11) is 0. The molecule has 0 spiro atoms. The van der Waals surface area contributed by atoms with Gasteiger partial charge < -0.3 is 10.1 Å². The molecule has 1 atom stereocenters. The molecule has 2 rings (SSSR count). The Morgan fingerprint density at radius 1 is 1.19 bits per heavy atom. The van der Waals surface area contributed by atoms with Crippen LogP contribution in [0.5, 0.6) is 11.5 Å². The molecule has 2 nitrogen and oxygen atoms in total. The predicted octanol–water partition coefficient (Wildman–Crippen LogP) is 5.96. The van der Waals surface area contributed by atoms with Crippen LogP contribution in [-0.4, -0.2) is 6.54 Å². The van der Waals surface area contributed by atoms with E-state index in [1.165, 1.54) is 0 Å². The minimum absolute atomic E-state index is 0.234. The van der Waals surface area contributed by atoms with Crippen LogP contribution in [0.25, 0.3) is 0 Å². The van der Waals surface area contributed by atoms with Crippen LogP contribution >= 0.6 is 27.5 Å². The summed E-state index contributed by atoms with van der Waals surface area (Å²) >= 11 is 9.80. The molecule has 0 fully saturated rings. The topological polar surface area (TPSA) is 21.3 Å². The maximum Gasteiger partial charge on any atom is 0.128 e. The maximum absolute atomic E-state index is 6.37. The van der Waals surface area contributed by atoms with Crippen LogP contribution in [0.2, 0.25) is 5.02 Å². The second-order valence-electron chi connectivity index (χ2n) is 4.92. The minimum atomic E-state index is 0.234. The molecule has 0 heterocycles. The average molecular weight is 369 g/mol. The summed E-state index contributed by atoms with van der Waals surface area (Å²) in [6, 6.07) is 13.8. The fraction of sp³-hybridized carbons (Fsp3) is 0.294. The number of nitrogens with one attached hydrogen (secondary N) is 1. The second-order valence-corrected chi connectivity index (χ2v) is 6.24. The van der Waals surface area contributed by atoms with Crippen molar-refractivity contribution in [2.75, 3.05) is 6.54 Å². The third-order valence-corrected chi connectivity index (χ3v) is 3.99. The van der Waals surface area contributed by atoms with E-state index in [0.29, 0.717) is 0 Å². The molecule has 0 aliphatic rings. The van der Waals surface area contributed by atoms with E-state index in [9.17, 15) is 0 Å². The number of rotatable bonds is 6. The lowest BCUT2D eigenvalue weighted by Gasteiger charge is -2.16. The Morgan fingerprint density at radius 3 is 2.62 bits per heavy atom. The zero-order valence-corrected chi connectivity index (χ0v) is 14.5. The molecule has 21 heavy (non-hydrogen) atoms. The molecule has 0 aromatic heterocycles. The van der Waals surface area contributed by atoms with Crippen LogP contribution < -0.4 is 10.1 Å². The fourth-order valence-electron chi connectivity index (χ4n) is 2.06. The lowest BCUT2D eigenvalue weighted by Crippen LogP contribution is -2.19. The highest BCUT2D eigenvalue weighted by atomic mass is 79.9. The van der Waals surface area contributed by atoms with E-state index in [4.69, 9.17) is 16.3 Å². The van der Waals surface area contributed by atoms with Crippen molar-refractivity contribution in [2.24, 2.45) is 0 Å². The zero-order chi connectivity index (χ0) is 15.2. The summed E-state index contributed by atoms with van der Waals surface area (Å²) < 4.78 is 6.81.